The Labute approximate surface area is 291 Å². The van der Waals surface area contributed by atoms with Crippen LogP contribution in [0.2, 0.25) is 0 Å². The average Bonchev–Trinajstić information content (AvgIpc) is 2.93. The Morgan fingerprint density at radius 1 is 0.622 bits per heavy atom. The third kappa shape index (κ3) is 22.4. The lowest BCUT2D eigenvalue weighted by Crippen LogP contribution is -2.57. The van der Waals surface area contributed by atoms with Crippen molar-refractivity contribution in [1.29, 1.82) is 0 Å². The van der Waals surface area contributed by atoms with Crippen LogP contribution in [0.4, 0.5) is 0 Å². The van der Waals surface area contributed by atoms with Crippen LogP contribution in [0.5, 0.6) is 0 Å². The largest absolute Gasteiger partial charge is 0.389 e. The monoisotopic (exact) mass is 840 g/mol. The van der Waals surface area contributed by atoms with Crippen LogP contribution in [0, 0.1) is 10.3 Å². The number of hydrogen-bond acceptors (Lipinski definition) is 11. The maximum atomic E-state index is 12.7. The molecule has 4 N–H and O–H groups in total. The average molecular weight is 843 g/mol. The number of aliphatic hydroxyl groups is 1. The Bertz CT molecular complexity index is 806. The van der Waals surface area contributed by atoms with Gasteiger partial charge in [-0.15, -0.1) is 0 Å². The quantitative estimate of drug-likeness (QED) is 0.0543. The lowest BCUT2D eigenvalue weighted by molar-refractivity contribution is -0.124. The fourth-order valence-electron chi connectivity index (χ4n) is 3.20. The Balaban J connectivity index is 4.81. The number of ether oxygens (including phenoxy) is 5. The van der Waals surface area contributed by atoms with Crippen LogP contribution in [-0.4, -0.2) is 134 Å². The molecular weight excluding hydrogens is 792 g/mol. The second kappa shape index (κ2) is 22.7. The van der Waals surface area contributed by atoms with E-state index in [1.807, 2.05) is 0 Å². The van der Waals surface area contributed by atoms with Crippen molar-refractivity contribution < 1.29 is 43.2 Å². The molecule has 1 unspecified atom stereocenters. The molecule has 0 aliphatic rings. The van der Waals surface area contributed by atoms with Gasteiger partial charge in [-0.2, -0.15) is 4.91 Å². The molecule has 0 aromatic heterocycles. The Hall–Kier alpha value is -0.790. The number of carbonyl (C=O) groups is 3. The molecule has 264 valence electrons. The summed E-state index contributed by atoms with van der Waals surface area (Å²) in [5, 5.41) is 20.7. The Morgan fingerprint density at radius 3 is 1.24 bits per heavy atom. The zero-order valence-corrected chi connectivity index (χ0v) is 31.9. The van der Waals surface area contributed by atoms with Crippen LogP contribution in [0.3, 0.4) is 0 Å². The fourth-order valence-corrected chi connectivity index (χ4v) is 3.62. The number of aliphatic hydroxyl groups excluding tert-OH is 1. The van der Waals surface area contributed by atoms with Crippen molar-refractivity contribution >= 4 is 65.5 Å². The fraction of sp³-hybridized carbons (Fsp3) is 0.893. The third-order valence-electron chi connectivity index (χ3n) is 5.98. The molecule has 0 radical (unpaired) electrons. The van der Waals surface area contributed by atoms with E-state index < -0.39 is 24.5 Å². The number of alkyl halides is 3. The van der Waals surface area contributed by atoms with Crippen LogP contribution < -0.4 is 16.0 Å². The maximum absolute atomic E-state index is 12.7. The second-order valence-electron chi connectivity index (χ2n) is 11.9. The van der Waals surface area contributed by atoms with Crippen molar-refractivity contribution in [2.24, 2.45) is 10.6 Å². The van der Waals surface area contributed by atoms with Gasteiger partial charge in [-0.3, -0.25) is 14.4 Å². The molecule has 17 heteroatoms. The van der Waals surface area contributed by atoms with Crippen molar-refractivity contribution in [2.45, 2.75) is 60.6 Å². The number of nitrogens with one attached hydrogen (secondary N) is 3. The Kier molecular flexibility index (Phi) is 22.3. The van der Waals surface area contributed by atoms with Gasteiger partial charge in [-0.05, 0) is 41.5 Å². The molecular formula is C28H51Br3N4O10. The SMILES string of the molecule is CC(C)(Br)C(=O)NCC(CNC(=O)C(C)(C)Br)(CNC(=O)C(C)(C)Br)COCCOCCOCCOCCOCC(O)CN=O. The highest BCUT2D eigenvalue weighted by Crippen LogP contribution is 2.22. The van der Waals surface area contributed by atoms with Gasteiger partial charge in [-0.1, -0.05) is 53.0 Å². The molecule has 3 amide bonds. The topological polar surface area (TPSA) is 183 Å². The number of nitrogens with zero attached hydrogens (tertiary/aromatic N) is 1. The summed E-state index contributed by atoms with van der Waals surface area (Å²) in [4.78, 5) is 48.1. The van der Waals surface area contributed by atoms with Crippen molar-refractivity contribution in [2.75, 3.05) is 92.2 Å². The number of amides is 3. The van der Waals surface area contributed by atoms with Gasteiger partial charge in [-0.25, -0.2) is 0 Å². The van der Waals surface area contributed by atoms with E-state index in [0.29, 0.717) is 33.0 Å². The summed E-state index contributed by atoms with van der Waals surface area (Å²) < 4.78 is 25.1. The molecule has 0 bridgehead atoms. The molecule has 0 aliphatic carbocycles. The van der Waals surface area contributed by atoms with E-state index in [-0.39, 0.29) is 76.9 Å². The predicted molar refractivity (Wildman–Crippen MR) is 181 cm³/mol. The molecule has 0 saturated carbocycles. The van der Waals surface area contributed by atoms with Crippen molar-refractivity contribution in [1.82, 2.24) is 16.0 Å². The number of carbonyl (C=O) groups excluding carboxylic acids is 3. The number of hydrogen-bond donors (Lipinski definition) is 4. The van der Waals surface area contributed by atoms with E-state index in [2.05, 4.69) is 68.9 Å². The molecule has 14 nitrogen and oxygen atoms in total. The van der Waals surface area contributed by atoms with E-state index in [4.69, 9.17) is 23.7 Å². The minimum atomic E-state index is -0.905. The zero-order chi connectivity index (χ0) is 34.6. The molecule has 0 heterocycles. The van der Waals surface area contributed by atoms with Crippen molar-refractivity contribution in [3.05, 3.63) is 4.91 Å². The number of rotatable bonds is 27. The first kappa shape index (κ1) is 44.2. The summed E-state index contributed by atoms with van der Waals surface area (Å²) in [6.07, 6.45) is -0.905. The molecule has 0 saturated heterocycles. The number of nitroso groups, excluding NO2 is 1. The van der Waals surface area contributed by atoms with E-state index in [1.54, 1.807) is 41.5 Å². The Morgan fingerprint density at radius 2 is 0.933 bits per heavy atom. The van der Waals surface area contributed by atoms with E-state index in [1.165, 1.54) is 0 Å². The lowest BCUT2D eigenvalue weighted by atomic mass is 9.87. The molecule has 45 heavy (non-hydrogen) atoms. The minimum Gasteiger partial charge on any atom is -0.389 e. The van der Waals surface area contributed by atoms with Gasteiger partial charge in [0.05, 0.1) is 79.0 Å². The highest BCUT2D eigenvalue weighted by molar-refractivity contribution is 9.10. The van der Waals surface area contributed by atoms with E-state index >= 15 is 0 Å². The van der Waals surface area contributed by atoms with Crippen LogP contribution in [-0.2, 0) is 38.1 Å². The number of halogens is 3. The van der Waals surface area contributed by atoms with Crippen LogP contribution in [0.1, 0.15) is 41.5 Å². The van der Waals surface area contributed by atoms with Gasteiger partial charge in [0, 0.05) is 25.0 Å². The van der Waals surface area contributed by atoms with Gasteiger partial charge < -0.3 is 44.7 Å². The predicted octanol–water partition coefficient (Wildman–Crippen LogP) is 2.05. The lowest BCUT2D eigenvalue weighted by Gasteiger charge is -2.36. The second-order valence-corrected chi connectivity index (χ2v) is 17.8. The molecule has 0 aliphatic heterocycles. The molecule has 1 atom stereocenters. The smallest absolute Gasteiger partial charge is 0.236 e. The summed E-state index contributed by atoms with van der Waals surface area (Å²) in [5.41, 5.74) is -0.879. The van der Waals surface area contributed by atoms with E-state index in [0.717, 1.165) is 0 Å². The van der Waals surface area contributed by atoms with Gasteiger partial charge >= 0.3 is 0 Å². The summed E-state index contributed by atoms with van der Waals surface area (Å²) in [5.74, 6) is -0.759. The van der Waals surface area contributed by atoms with Crippen LogP contribution >= 0.6 is 47.8 Å². The highest BCUT2D eigenvalue weighted by Gasteiger charge is 2.37. The van der Waals surface area contributed by atoms with Gasteiger partial charge in [0.1, 0.15) is 12.6 Å². The first-order valence-electron chi connectivity index (χ1n) is 14.6. The molecule has 0 aromatic carbocycles. The molecule has 0 spiro atoms. The van der Waals surface area contributed by atoms with Crippen LogP contribution in [0.15, 0.2) is 5.18 Å². The van der Waals surface area contributed by atoms with Gasteiger partial charge in [0.25, 0.3) is 0 Å². The summed E-state index contributed by atoms with van der Waals surface area (Å²) in [7, 11) is 0. The summed E-state index contributed by atoms with van der Waals surface area (Å²) in [6, 6.07) is 0. The van der Waals surface area contributed by atoms with Crippen molar-refractivity contribution in [3.63, 3.8) is 0 Å². The van der Waals surface area contributed by atoms with Crippen LogP contribution in [0.25, 0.3) is 0 Å². The van der Waals surface area contributed by atoms with Gasteiger partial charge in [0.15, 0.2) is 0 Å². The molecule has 0 aromatic rings. The first-order chi connectivity index (χ1) is 20.8. The third-order valence-corrected chi connectivity index (χ3v) is 7.06. The molecule has 0 rings (SSSR count). The minimum absolute atomic E-state index is 0.0256. The normalized spacial score (nSPS) is 13.3. The molecule has 0 fully saturated rings. The summed E-state index contributed by atoms with van der Waals surface area (Å²) >= 11 is 10.1. The zero-order valence-electron chi connectivity index (χ0n) is 27.2. The summed E-state index contributed by atoms with van der Waals surface area (Å²) in [6.45, 7) is 13.2. The highest BCUT2D eigenvalue weighted by atomic mass is 79.9. The van der Waals surface area contributed by atoms with Crippen molar-refractivity contribution in [3.8, 4) is 0 Å². The van der Waals surface area contributed by atoms with E-state index in [9.17, 15) is 24.4 Å². The first-order valence-corrected chi connectivity index (χ1v) is 17.0. The standard InChI is InChI=1S/C28H51Br3N4O10/c1-25(2,29)22(37)32-17-28(18-33-23(38)26(3,4)30,19-34-24(39)27(5,6)31)20-45-14-12-43-10-8-41-7-9-42-11-13-44-16-21(36)15-35-40/h21,36H,7-20H2,1-6H3,(H,32,37)(H,33,38)(H,34,39). The maximum Gasteiger partial charge on any atom is 0.236 e. The van der Waals surface area contributed by atoms with Gasteiger partial charge in [0.2, 0.25) is 17.7 Å².